The Hall–Kier alpha value is -2.08. The summed E-state index contributed by atoms with van der Waals surface area (Å²) in [6, 6.07) is 12.2. The first kappa shape index (κ1) is 19.2. The zero-order chi connectivity index (χ0) is 15.8. The van der Waals surface area contributed by atoms with E-state index in [2.05, 4.69) is 29.1 Å². The minimum Gasteiger partial charge on any atom is -0.489 e. The SMILES string of the molecule is CN1CCOc2c(-c3ccc4cnc(CN)cc4n3)cccc21.Cl.Cl. The van der Waals surface area contributed by atoms with Crippen LogP contribution in [0.4, 0.5) is 5.69 Å². The highest BCUT2D eigenvalue weighted by atomic mass is 35.5. The number of ether oxygens (including phenoxy) is 1. The number of nitrogens with zero attached hydrogens (tertiary/aromatic N) is 3. The fourth-order valence-corrected chi connectivity index (χ4v) is 2.90. The summed E-state index contributed by atoms with van der Waals surface area (Å²) in [6.07, 6.45) is 1.82. The average molecular weight is 379 g/mol. The molecule has 7 heteroatoms. The van der Waals surface area contributed by atoms with Crippen LogP contribution < -0.4 is 15.4 Å². The number of para-hydroxylation sites is 1. The minimum absolute atomic E-state index is 0. The summed E-state index contributed by atoms with van der Waals surface area (Å²) < 4.78 is 5.92. The number of likely N-dealkylation sites (N-methyl/N-ethyl adjacent to an activating group) is 1. The van der Waals surface area contributed by atoms with Gasteiger partial charge in [-0.2, -0.15) is 0 Å². The molecule has 1 aliphatic rings. The van der Waals surface area contributed by atoms with Crippen LogP contribution in [-0.4, -0.2) is 30.2 Å². The molecule has 0 radical (unpaired) electrons. The van der Waals surface area contributed by atoms with Crippen LogP contribution in [0.15, 0.2) is 42.6 Å². The number of anilines is 1. The van der Waals surface area contributed by atoms with Crippen molar-refractivity contribution in [3.8, 4) is 17.0 Å². The molecule has 1 aromatic carbocycles. The molecule has 0 spiro atoms. The summed E-state index contributed by atoms with van der Waals surface area (Å²) in [4.78, 5) is 11.3. The molecule has 0 amide bonds. The van der Waals surface area contributed by atoms with E-state index in [1.165, 1.54) is 0 Å². The van der Waals surface area contributed by atoms with E-state index in [0.717, 1.165) is 45.8 Å². The van der Waals surface area contributed by atoms with Crippen LogP contribution in [0, 0.1) is 0 Å². The Morgan fingerprint density at radius 2 is 2.04 bits per heavy atom. The number of fused-ring (bicyclic) bond motifs is 2. The molecule has 0 bridgehead atoms. The van der Waals surface area contributed by atoms with E-state index in [-0.39, 0.29) is 24.8 Å². The molecule has 0 aliphatic carbocycles. The van der Waals surface area contributed by atoms with Crippen molar-refractivity contribution in [3.05, 3.63) is 48.3 Å². The molecule has 25 heavy (non-hydrogen) atoms. The molecule has 2 N–H and O–H groups in total. The largest absolute Gasteiger partial charge is 0.489 e. The first-order chi connectivity index (χ1) is 11.3. The second kappa shape index (κ2) is 7.87. The van der Waals surface area contributed by atoms with Crippen molar-refractivity contribution in [1.29, 1.82) is 0 Å². The van der Waals surface area contributed by atoms with Gasteiger partial charge in [0, 0.05) is 30.7 Å². The zero-order valence-corrected chi connectivity index (χ0v) is 15.4. The van der Waals surface area contributed by atoms with Gasteiger partial charge < -0.3 is 15.4 Å². The van der Waals surface area contributed by atoms with Gasteiger partial charge in [-0.25, -0.2) is 4.98 Å². The Balaban J connectivity index is 0.00000113. The van der Waals surface area contributed by atoms with E-state index in [0.29, 0.717) is 13.2 Å². The van der Waals surface area contributed by atoms with E-state index in [1.807, 2.05) is 30.5 Å². The van der Waals surface area contributed by atoms with Crippen molar-refractivity contribution in [2.45, 2.75) is 6.54 Å². The lowest BCUT2D eigenvalue weighted by molar-refractivity contribution is 0.312. The summed E-state index contributed by atoms with van der Waals surface area (Å²) in [5.41, 5.74) is 10.4. The van der Waals surface area contributed by atoms with Crippen molar-refractivity contribution in [3.63, 3.8) is 0 Å². The molecule has 132 valence electrons. The molecule has 3 heterocycles. The van der Waals surface area contributed by atoms with Crippen molar-refractivity contribution in [2.24, 2.45) is 5.73 Å². The molecule has 0 fully saturated rings. The number of aromatic nitrogens is 2. The number of nitrogens with two attached hydrogens (primary N) is 1. The smallest absolute Gasteiger partial charge is 0.152 e. The van der Waals surface area contributed by atoms with Gasteiger partial charge in [0.1, 0.15) is 6.61 Å². The number of pyridine rings is 2. The van der Waals surface area contributed by atoms with E-state index < -0.39 is 0 Å². The van der Waals surface area contributed by atoms with Crippen LogP contribution in [0.5, 0.6) is 5.75 Å². The third-order valence-corrected chi connectivity index (χ3v) is 4.19. The van der Waals surface area contributed by atoms with Crippen LogP contribution >= 0.6 is 24.8 Å². The van der Waals surface area contributed by atoms with Crippen molar-refractivity contribution in [1.82, 2.24) is 9.97 Å². The summed E-state index contributed by atoms with van der Waals surface area (Å²) in [5.74, 6) is 0.904. The van der Waals surface area contributed by atoms with Crippen molar-refractivity contribution in [2.75, 3.05) is 25.1 Å². The number of hydrogen-bond donors (Lipinski definition) is 1. The van der Waals surface area contributed by atoms with Gasteiger partial charge in [0.2, 0.25) is 0 Å². The fourth-order valence-electron chi connectivity index (χ4n) is 2.90. The number of hydrogen-bond acceptors (Lipinski definition) is 5. The Bertz CT molecular complexity index is 888. The summed E-state index contributed by atoms with van der Waals surface area (Å²) in [7, 11) is 2.08. The summed E-state index contributed by atoms with van der Waals surface area (Å²) in [5, 5.41) is 1.01. The molecule has 5 nitrogen and oxygen atoms in total. The molecule has 1 aliphatic heterocycles. The predicted octanol–water partition coefficient (Wildman–Crippen LogP) is 3.43. The standard InChI is InChI=1S/C18H18N4O.2ClH/c1-22-7-8-23-18-14(3-2-4-17(18)22)15-6-5-12-11-20-13(10-19)9-16(12)21-15;;/h2-6,9,11H,7-8,10,19H2,1H3;2*1H. The van der Waals surface area contributed by atoms with Gasteiger partial charge in [-0.1, -0.05) is 6.07 Å². The van der Waals surface area contributed by atoms with Gasteiger partial charge in [0.15, 0.2) is 5.75 Å². The van der Waals surface area contributed by atoms with Crippen LogP contribution in [0.1, 0.15) is 5.69 Å². The highest BCUT2D eigenvalue weighted by molar-refractivity contribution is 5.86. The first-order valence-electron chi connectivity index (χ1n) is 7.69. The van der Waals surface area contributed by atoms with Gasteiger partial charge in [-0.3, -0.25) is 4.98 Å². The maximum atomic E-state index is 5.92. The maximum absolute atomic E-state index is 5.92. The van der Waals surface area contributed by atoms with Gasteiger partial charge in [-0.15, -0.1) is 24.8 Å². The Kier molecular flexibility index (Phi) is 6.06. The predicted molar refractivity (Wildman–Crippen MR) is 106 cm³/mol. The van der Waals surface area contributed by atoms with E-state index in [1.54, 1.807) is 0 Å². The van der Waals surface area contributed by atoms with Gasteiger partial charge in [0.05, 0.1) is 29.1 Å². The number of halogens is 2. The average Bonchev–Trinajstić information content (AvgIpc) is 2.60. The molecule has 2 aromatic heterocycles. The van der Waals surface area contributed by atoms with Gasteiger partial charge in [0.25, 0.3) is 0 Å². The molecule has 0 atom stereocenters. The first-order valence-corrected chi connectivity index (χ1v) is 7.69. The van der Waals surface area contributed by atoms with Crippen molar-refractivity contribution >= 4 is 41.4 Å². The molecular formula is C18H20Cl2N4O. The molecule has 3 aromatic rings. The Morgan fingerprint density at radius 3 is 2.84 bits per heavy atom. The lowest BCUT2D eigenvalue weighted by Gasteiger charge is -2.29. The molecule has 0 unspecified atom stereocenters. The van der Waals surface area contributed by atoms with Gasteiger partial charge in [-0.05, 0) is 30.3 Å². The van der Waals surface area contributed by atoms with Crippen LogP contribution in [0.3, 0.4) is 0 Å². The minimum atomic E-state index is 0. The number of benzene rings is 1. The van der Waals surface area contributed by atoms with E-state index in [9.17, 15) is 0 Å². The van der Waals surface area contributed by atoms with Gasteiger partial charge >= 0.3 is 0 Å². The molecular weight excluding hydrogens is 359 g/mol. The highest BCUT2D eigenvalue weighted by Gasteiger charge is 2.19. The molecule has 4 rings (SSSR count). The maximum Gasteiger partial charge on any atom is 0.152 e. The normalized spacial score (nSPS) is 12.6. The quantitative estimate of drug-likeness (QED) is 0.739. The third kappa shape index (κ3) is 3.49. The van der Waals surface area contributed by atoms with Crippen molar-refractivity contribution < 1.29 is 4.74 Å². The Morgan fingerprint density at radius 1 is 1.20 bits per heavy atom. The second-order valence-electron chi connectivity index (χ2n) is 5.69. The zero-order valence-electron chi connectivity index (χ0n) is 13.8. The molecule has 0 saturated carbocycles. The highest BCUT2D eigenvalue weighted by Crippen LogP contribution is 2.39. The third-order valence-electron chi connectivity index (χ3n) is 4.19. The lowest BCUT2D eigenvalue weighted by atomic mass is 10.1. The number of rotatable bonds is 2. The summed E-state index contributed by atoms with van der Waals surface area (Å²) in [6.45, 7) is 2.00. The topological polar surface area (TPSA) is 64.3 Å². The van der Waals surface area contributed by atoms with E-state index in [4.69, 9.17) is 15.5 Å². The monoisotopic (exact) mass is 378 g/mol. The van der Waals surface area contributed by atoms with Crippen LogP contribution in [0.2, 0.25) is 0 Å². The second-order valence-corrected chi connectivity index (χ2v) is 5.69. The van der Waals surface area contributed by atoms with E-state index >= 15 is 0 Å². The van der Waals surface area contributed by atoms with Crippen LogP contribution in [-0.2, 0) is 6.54 Å². The summed E-state index contributed by atoms with van der Waals surface area (Å²) >= 11 is 0. The van der Waals surface area contributed by atoms with Crippen LogP contribution in [0.25, 0.3) is 22.2 Å². The Labute approximate surface area is 159 Å². The molecule has 0 saturated heterocycles. The lowest BCUT2D eigenvalue weighted by Crippen LogP contribution is -2.29. The fraction of sp³-hybridized carbons (Fsp3) is 0.222.